The SMILES string of the molecule is N#Cc1ccc(CSc2nnc(C3CC3)n2C2CC2)cc1. The van der Waals surface area contributed by atoms with E-state index in [1.165, 1.54) is 37.1 Å². The molecule has 4 nitrogen and oxygen atoms in total. The largest absolute Gasteiger partial charge is 0.303 e. The van der Waals surface area contributed by atoms with E-state index in [-0.39, 0.29) is 0 Å². The normalized spacial score (nSPS) is 17.7. The molecule has 0 radical (unpaired) electrons. The number of benzene rings is 1. The summed E-state index contributed by atoms with van der Waals surface area (Å²) < 4.78 is 2.38. The zero-order chi connectivity index (χ0) is 14.2. The molecule has 0 unspecified atom stereocenters. The van der Waals surface area contributed by atoms with Gasteiger partial charge in [0.05, 0.1) is 11.6 Å². The van der Waals surface area contributed by atoms with Gasteiger partial charge in [0.1, 0.15) is 5.82 Å². The van der Waals surface area contributed by atoms with E-state index in [4.69, 9.17) is 5.26 Å². The lowest BCUT2D eigenvalue weighted by molar-refractivity contribution is 0.627. The lowest BCUT2D eigenvalue weighted by Gasteiger charge is -2.08. The van der Waals surface area contributed by atoms with Crippen LogP contribution in [0.25, 0.3) is 0 Å². The topological polar surface area (TPSA) is 54.5 Å². The maximum absolute atomic E-state index is 8.82. The Morgan fingerprint density at radius 2 is 1.90 bits per heavy atom. The molecule has 0 amide bonds. The predicted octanol–water partition coefficient (Wildman–Crippen LogP) is 3.65. The second-order valence-corrected chi connectivity index (χ2v) is 6.76. The van der Waals surface area contributed by atoms with Crippen LogP contribution in [0, 0.1) is 11.3 Å². The highest BCUT2D eigenvalue weighted by atomic mass is 32.2. The van der Waals surface area contributed by atoms with Crippen LogP contribution in [0.3, 0.4) is 0 Å². The summed E-state index contributed by atoms with van der Waals surface area (Å²) in [5, 5.41) is 18.7. The minimum absolute atomic E-state index is 0.638. The van der Waals surface area contributed by atoms with Crippen LogP contribution in [0.1, 0.15) is 54.6 Å². The summed E-state index contributed by atoms with van der Waals surface area (Å²) in [6, 6.07) is 10.6. The van der Waals surface area contributed by atoms with Crippen molar-refractivity contribution in [3.05, 3.63) is 41.2 Å². The molecule has 0 N–H and O–H groups in total. The van der Waals surface area contributed by atoms with E-state index in [0.29, 0.717) is 17.5 Å². The van der Waals surface area contributed by atoms with Crippen molar-refractivity contribution in [2.24, 2.45) is 0 Å². The molecule has 0 spiro atoms. The molecule has 0 aliphatic heterocycles. The molecule has 5 heteroatoms. The Hall–Kier alpha value is -1.80. The Morgan fingerprint density at radius 1 is 1.14 bits per heavy atom. The van der Waals surface area contributed by atoms with Gasteiger partial charge in [-0.05, 0) is 43.4 Å². The number of aromatic nitrogens is 3. The van der Waals surface area contributed by atoms with Gasteiger partial charge < -0.3 is 4.57 Å². The van der Waals surface area contributed by atoms with Gasteiger partial charge in [0.25, 0.3) is 0 Å². The number of hydrogen-bond donors (Lipinski definition) is 0. The molecule has 106 valence electrons. The van der Waals surface area contributed by atoms with Gasteiger partial charge in [-0.25, -0.2) is 0 Å². The minimum atomic E-state index is 0.638. The van der Waals surface area contributed by atoms with Crippen molar-refractivity contribution >= 4 is 11.8 Å². The van der Waals surface area contributed by atoms with E-state index in [1.54, 1.807) is 11.8 Å². The van der Waals surface area contributed by atoms with Gasteiger partial charge >= 0.3 is 0 Å². The predicted molar refractivity (Wildman–Crippen MR) is 81.0 cm³/mol. The first-order chi connectivity index (χ1) is 10.3. The van der Waals surface area contributed by atoms with Crippen molar-refractivity contribution in [3.63, 3.8) is 0 Å². The standard InChI is InChI=1S/C16H16N4S/c17-9-11-1-3-12(4-2-11)10-21-16-19-18-15(13-5-6-13)20(16)14-7-8-14/h1-4,13-14H,5-8,10H2. The number of thioether (sulfide) groups is 1. The molecule has 1 heterocycles. The van der Waals surface area contributed by atoms with Crippen LogP contribution in [-0.4, -0.2) is 14.8 Å². The molecule has 4 rings (SSSR count). The molecule has 21 heavy (non-hydrogen) atoms. The van der Waals surface area contributed by atoms with Crippen molar-refractivity contribution < 1.29 is 0 Å². The average molecular weight is 296 g/mol. The fourth-order valence-corrected chi connectivity index (χ4v) is 3.47. The molecule has 0 bridgehead atoms. The third-order valence-corrected chi connectivity index (χ3v) is 5.01. The second kappa shape index (κ2) is 5.19. The minimum Gasteiger partial charge on any atom is -0.303 e. The van der Waals surface area contributed by atoms with Crippen molar-refractivity contribution in [2.75, 3.05) is 0 Å². The van der Waals surface area contributed by atoms with E-state index < -0.39 is 0 Å². The molecule has 0 saturated heterocycles. The summed E-state index contributed by atoms with van der Waals surface area (Å²) in [5.74, 6) is 2.74. The first-order valence-corrected chi connectivity index (χ1v) is 8.40. The molecule has 2 aliphatic carbocycles. The lowest BCUT2D eigenvalue weighted by Crippen LogP contribution is -2.01. The highest BCUT2D eigenvalue weighted by Crippen LogP contribution is 2.46. The summed E-state index contributed by atoms with van der Waals surface area (Å²) in [6.45, 7) is 0. The monoisotopic (exact) mass is 296 g/mol. The van der Waals surface area contributed by atoms with E-state index >= 15 is 0 Å². The molecule has 2 aliphatic rings. The van der Waals surface area contributed by atoms with Crippen LogP contribution in [0.15, 0.2) is 29.4 Å². The van der Waals surface area contributed by atoms with Crippen molar-refractivity contribution in [2.45, 2.75) is 48.6 Å². The zero-order valence-electron chi connectivity index (χ0n) is 11.7. The Balaban J connectivity index is 1.50. The molecule has 2 aromatic rings. The summed E-state index contributed by atoms with van der Waals surface area (Å²) in [7, 11) is 0. The fourth-order valence-electron chi connectivity index (χ4n) is 2.51. The molecule has 0 atom stereocenters. The first kappa shape index (κ1) is 12.9. The van der Waals surface area contributed by atoms with E-state index in [1.807, 2.05) is 24.3 Å². The quantitative estimate of drug-likeness (QED) is 0.790. The van der Waals surface area contributed by atoms with Crippen LogP contribution < -0.4 is 0 Å². The molecular weight excluding hydrogens is 280 g/mol. The highest BCUT2D eigenvalue weighted by molar-refractivity contribution is 7.98. The second-order valence-electron chi connectivity index (χ2n) is 5.81. The number of nitrogens with zero attached hydrogens (tertiary/aromatic N) is 4. The average Bonchev–Trinajstić information content (AvgIpc) is 3.44. The van der Waals surface area contributed by atoms with Gasteiger partial charge in [0.15, 0.2) is 5.16 Å². The highest BCUT2D eigenvalue weighted by Gasteiger charge is 2.36. The smallest absolute Gasteiger partial charge is 0.191 e. The van der Waals surface area contributed by atoms with Crippen LogP contribution in [-0.2, 0) is 5.75 Å². The summed E-state index contributed by atoms with van der Waals surface area (Å²) in [6.07, 6.45) is 5.07. The van der Waals surface area contributed by atoms with Gasteiger partial charge in [-0.2, -0.15) is 5.26 Å². The van der Waals surface area contributed by atoms with Gasteiger partial charge in [-0.15, -0.1) is 10.2 Å². The summed E-state index contributed by atoms with van der Waals surface area (Å²) in [5.41, 5.74) is 1.93. The van der Waals surface area contributed by atoms with E-state index in [2.05, 4.69) is 20.8 Å². The van der Waals surface area contributed by atoms with Crippen molar-refractivity contribution in [3.8, 4) is 6.07 Å². The molecule has 1 aromatic carbocycles. The molecule has 2 saturated carbocycles. The zero-order valence-corrected chi connectivity index (χ0v) is 12.5. The maximum atomic E-state index is 8.82. The Bertz CT molecular complexity index is 690. The Kier molecular flexibility index (Phi) is 3.19. The number of hydrogen-bond acceptors (Lipinski definition) is 4. The molecular formula is C16H16N4S. The van der Waals surface area contributed by atoms with Crippen molar-refractivity contribution in [1.29, 1.82) is 5.26 Å². The van der Waals surface area contributed by atoms with Crippen LogP contribution in [0.4, 0.5) is 0 Å². The van der Waals surface area contributed by atoms with Crippen molar-refractivity contribution in [1.82, 2.24) is 14.8 Å². The van der Waals surface area contributed by atoms with Gasteiger partial charge in [0, 0.05) is 17.7 Å². The number of rotatable bonds is 5. The van der Waals surface area contributed by atoms with Crippen LogP contribution in [0.2, 0.25) is 0 Å². The first-order valence-electron chi connectivity index (χ1n) is 7.42. The van der Waals surface area contributed by atoms with Crippen LogP contribution >= 0.6 is 11.8 Å². The Labute approximate surface area is 128 Å². The van der Waals surface area contributed by atoms with Gasteiger partial charge in [-0.3, -0.25) is 0 Å². The summed E-state index contributed by atoms with van der Waals surface area (Å²) in [4.78, 5) is 0. The van der Waals surface area contributed by atoms with Gasteiger partial charge in [0.2, 0.25) is 0 Å². The van der Waals surface area contributed by atoms with E-state index in [0.717, 1.165) is 10.9 Å². The maximum Gasteiger partial charge on any atom is 0.191 e. The third kappa shape index (κ3) is 2.68. The Morgan fingerprint density at radius 3 is 2.52 bits per heavy atom. The van der Waals surface area contributed by atoms with Gasteiger partial charge in [-0.1, -0.05) is 23.9 Å². The third-order valence-electron chi connectivity index (χ3n) is 4.00. The molecule has 1 aromatic heterocycles. The van der Waals surface area contributed by atoms with Crippen LogP contribution in [0.5, 0.6) is 0 Å². The lowest BCUT2D eigenvalue weighted by atomic mass is 10.2. The molecule has 2 fully saturated rings. The fraction of sp³-hybridized carbons (Fsp3) is 0.438. The van der Waals surface area contributed by atoms with E-state index in [9.17, 15) is 0 Å². The summed E-state index contributed by atoms with van der Waals surface area (Å²) >= 11 is 1.75. The number of nitriles is 1.